The lowest BCUT2D eigenvalue weighted by molar-refractivity contribution is -0.128. The minimum absolute atomic E-state index is 0.0832. The van der Waals surface area contributed by atoms with Gasteiger partial charge in [0.1, 0.15) is 5.75 Å². The molecule has 1 aromatic carbocycles. The molecule has 1 atom stereocenters. The molecular formula is C15H19N5O4. The monoisotopic (exact) mass is 333 g/mol. The Morgan fingerprint density at radius 3 is 2.54 bits per heavy atom. The zero-order valence-electron chi connectivity index (χ0n) is 13.2. The van der Waals surface area contributed by atoms with E-state index in [1.54, 1.807) is 12.1 Å². The molecule has 0 aliphatic rings. The third-order valence-corrected chi connectivity index (χ3v) is 3.12. The molecular weight excluding hydrogens is 314 g/mol. The molecule has 2 amide bonds. The van der Waals surface area contributed by atoms with Crippen LogP contribution >= 0.6 is 0 Å². The summed E-state index contributed by atoms with van der Waals surface area (Å²) >= 11 is 0. The number of carbonyl (C=O) groups excluding carboxylic acids is 2. The third kappa shape index (κ3) is 4.70. The molecule has 0 radical (unpaired) electrons. The van der Waals surface area contributed by atoms with E-state index in [0.717, 1.165) is 0 Å². The molecule has 9 heteroatoms. The molecule has 1 aromatic heterocycles. The van der Waals surface area contributed by atoms with Crippen molar-refractivity contribution in [3.8, 4) is 5.75 Å². The van der Waals surface area contributed by atoms with Gasteiger partial charge in [0.25, 0.3) is 11.8 Å². The number of amides is 2. The van der Waals surface area contributed by atoms with Gasteiger partial charge in [0, 0.05) is 13.1 Å². The van der Waals surface area contributed by atoms with E-state index in [9.17, 15) is 9.59 Å². The van der Waals surface area contributed by atoms with Crippen molar-refractivity contribution in [3.63, 3.8) is 0 Å². The fourth-order valence-corrected chi connectivity index (χ4v) is 1.90. The van der Waals surface area contributed by atoms with Gasteiger partial charge in [-0.05, 0) is 28.9 Å². The number of para-hydroxylation sites is 1. The van der Waals surface area contributed by atoms with Crippen LogP contribution in [0.4, 0.5) is 5.82 Å². The Kier molecular flexibility index (Phi) is 6.12. The van der Waals surface area contributed by atoms with Gasteiger partial charge >= 0.3 is 0 Å². The molecule has 0 saturated heterocycles. The quantitative estimate of drug-likeness (QED) is 0.594. The van der Waals surface area contributed by atoms with Crippen LogP contribution in [0.2, 0.25) is 0 Å². The van der Waals surface area contributed by atoms with Gasteiger partial charge < -0.3 is 21.1 Å². The van der Waals surface area contributed by atoms with Crippen LogP contribution in [0.25, 0.3) is 0 Å². The number of benzene rings is 1. The van der Waals surface area contributed by atoms with Gasteiger partial charge in [0.05, 0.1) is 0 Å². The molecule has 1 unspecified atom stereocenters. The summed E-state index contributed by atoms with van der Waals surface area (Å²) < 4.78 is 9.97. The minimum Gasteiger partial charge on any atom is -0.481 e. The highest BCUT2D eigenvalue weighted by molar-refractivity contribution is 5.96. The van der Waals surface area contributed by atoms with Crippen LogP contribution in [0.15, 0.2) is 35.0 Å². The number of hydrogen-bond donors (Lipinski definition) is 3. The first-order valence-electron chi connectivity index (χ1n) is 7.47. The van der Waals surface area contributed by atoms with Gasteiger partial charge in [-0.1, -0.05) is 25.1 Å². The largest absolute Gasteiger partial charge is 0.481 e. The van der Waals surface area contributed by atoms with Gasteiger partial charge in [-0.25, -0.2) is 4.63 Å². The second-order valence-corrected chi connectivity index (χ2v) is 4.87. The summed E-state index contributed by atoms with van der Waals surface area (Å²) in [6, 6.07) is 9.10. The Bertz CT molecular complexity index is 674. The van der Waals surface area contributed by atoms with Gasteiger partial charge in [0.2, 0.25) is 11.5 Å². The first-order valence-corrected chi connectivity index (χ1v) is 7.47. The topological polar surface area (TPSA) is 132 Å². The highest BCUT2D eigenvalue weighted by Gasteiger charge is 2.18. The maximum atomic E-state index is 12.1. The van der Waals surface area contributed by atoms with Crippen LogP contribution in [0, 0.1) is 0 Å². The molecule has 128 valence electrons. The minimum atomic E-state index is -0.599. The fourth-order valence-electron chi connectivity index (χ4n) is 1.90. The molecule has 9 nitrogen and oxygen atoms in total. The normalized spacial score (nSPS) is 11.5. The van der Waals surface area contributed by atoms with Crippen molar-refractivity contribution < 1.29 is 19.0 Å². The summed E-state index contributed by atoms with van der Waals surface area (Å²) in [6.45, 7) is 2.30. The SMILES string of the molecule is CCC(Oc1ccccc1)C(=O)NCCNC(=O)c1nonc1N. The number of anilines is 1. The van der Waals surface area contributed by atoms with Crippen LogP contribution in [0.1, 0.15) is 23.8 Å². The molecule has 0 aliphatic heterocycles. The second kappa shape index (κ2) is 8.51. The molecule has 0 saturated carbocycles. The summed E-state index contributed by atoms with van der Waals surface area (Å²) in [5, 5.41) is 12.0. The maximum absolute atomic E-state index is 12.1. The lowest BCUT2D eigenvalue weighted by atomic mass is 10.2. The second-order valence-electron chi connectivity index (χ2n) is 4.87. The third-order valence-electron chi connectivity index (χ3n) is 3.12. The number of nitrogens with two attached hydrogens (primary N) is 1. The first kappa shape index (κ1) is 17.3. The Morgan fingerprint density at radius 2 is 1.92 bits per heavy atom. The van der Waals surface area contributed by atoms with E-state index < -0.39 is 12.0 Å². The smallest absolute Gasteiger partial charge is 0.277 e. The van der Waals surface area contributed by atoms with E-state index in [0.29, 0.717) is 12.2 Å². The van der Waals surface area contributed by atoms with Crippen molar-refractivity contribution in [3.05, 3.63) is 36.0 Å². The number of aromatic nitrogens is 2. The molecule has 1 heterocycles. The molecule has 24 heavy (non-hydrogen) atoms. The average molecular weight is 333 g/mol. The van der Waals surface area contributed by atoms with Gasteiger partial charge in [-0.2, -0.15) is 0 Å². The van der Waals surface area contributed by atoms with Crippen LogP contribution in [0.5, 0.6) is 5.75 Å². The molecule has 0 aliphatic carbocycles. The van der Waals surface area contributed by atoms with E-state index in [1.807, 2.05) is 25.1 Å². The Morgan fingerprint density at radius 1 is 1.21 bits per heavy atom. The predicted molar refractivity (Wildman–Crippen MR) is 85.2 cm³/mol. The number of ether oxygens (including phenoxy) is 1. The zero-order chi connectivity index (χ0) is 17.4. The molecule has 2 rings (SSSR count). The molecule has 0 fully saturated rings. The number of nitrogens with zero attached hydrogens (tertiary/aromatic N) is 2. The maximum Gasteiger partial charge on any atom is 0.277 e. The summed E-state index contributed by atoms with van der Waals surface area (Å²) in [7, 11) is 0. The van der Waals surface area contributed by atoms with E-state index in [-0.39, 0.29) is 30.5 Å². The Labute approximate surface area is 138 Å². The number of hydrogen-bond acceptors (Lipinski definition) is 7. The lowest BCUT2D eigenvalue weighted by Crippen LogP contribution is -2.41. The number of rotatable bonds is 8. The fraction of sp³-hybridized carbons (Fsp3) is 0.333. The first-order chi connectivity index (χ1) is 11.6. The summed E-state index contributed by atoms with van der Waals surface area (Å²) in [6.07, 6.45) is -0.0766. The predicted octanol–water partition coefficient (Wildman–Crippen LogP) is 0.355. The molecule has 0 spiro atoms. The summed E-state index contributed by atoms with van der Waals surface area (Å²) in [5.41, 5.74) is 5.33. The lowest BCUT2D eigenvalue weighted by Gasteiger charge is -2.17. The van der Waals surface area contributed by atoms with Crippen molar-refractivity contribution in [2.75, 3.05) is 18.8 Å². The number of carbonyl (C=O) groups is 2. The summed E-state index contributed by atoms with van der Waals surface area (Å²) in [5.74, 6) is -0.227. The van der Waals surface area contributed by atoms with Crippen LogP contribution in [-0.4, -0.2) is 41.3 Å². The molecule has 2 aromatic rings. The Balaban J connectivity index is 1.73. The van der Waals surface area contributed by atoms with Crippen LogP contribution in [-0.2, 0) is 4.79 Å². The van der Waals surface area contributed by atoms with E-state index in [2.05, 4.69) is 25.6 Å². The van der Waals surface area contributed by atoms with E-state index in [1.165, 1.54) is 0 Å². The number of nitrogens with one attached hydrogen (secondary N) is 2. The van der Waals surface area contributed by atoms with Crippen molar-refractivity contribution >= 4 is 17.6 Å². The van der Waals surface area contributed by atoms with Crippen LogP contribution in [0.3, 0.4) is 0 Å². The highest BCUT2D eigenvalue weighted by atomic mass is 16.6. The summed E-state index contributed by atoms with van der Waals surface area (Å²) in [4.78, 5) is 23.8. The standard InChI is InChI=1S/C15H19N5O4/c1-2-11(23-10-6-4-3-5-7-10)14(21)17-8-9-18-15(22)12-13(16)20-24-19-12/h3-7,11H,2,8-9H2,1H3,(H2,16,20)(H,17,21)(H,18,22). The average Bonchev–Trinajstić information content (AvgIpc) is 3.03. The number of nitrogen functional groups attached to an aromatic ring is 1. The van der Waals surface area contributed by atoms with Crippen molar-refractivity contribution in [2.45, 2.75) is 19.4 Å². The molecule has 4 N–H and O–H groups in total. The van der Waals surface area contributed by atoms with Gasteiger partial charge in [-0.15, -0.1) is 0 Å². The van der Waals surface area contributed by atoms with Crippen molar-refractivity contribution in [2.24, 2.45) is 0 Å². The Hall–Kier alpha value is -3.10. The van der Waals surface area contributed by atoms with Gasteiger partial charge in [0.15, 0.2) is 6.10 Å². The van der Waals surface area contributed by atoms with Crippen LogP contribution < -0.4 is 21.1 Å². The zero-order valence-corrected chi connectivity index (χ0v) is 13.2. The van der Waals surface area contributed by atoms with Crippen molar-refractivity contribution in [1.82, 2.24) is 20.9 Å². The molecule has 0 bridgehead atoms. The van der Waals surface area contributed by atoms with Crippen molar-refractivity contribution in [1.29, 1.82) is 0 Å². The van der Waals surface area contributed by atoms with E-state index in [4.69, 9.17) is 10.5 Å². The highest BCUT2D eigenvalue weighted by Crippen LogP contribution is 2.12. The van der Waals surface area contributed by atoms with E-state index >= 15 is 0 Å². The van der Waals surface area contributed by atoms with Gasteiger partial charge in [-0.3, -0.25) is 9.59 Å².